The number of nitrogens with zero attached hydrogens (tertiary/aromatic N) is 1. The molecule has 128 valence electrons. The average Bonchev–Trinajstić information content (AvgIpc) is 3.01. The minimum atomic E-state index is -0.422. The molecule has 2 rings (SSSR count). The van der Waals surface area contributed by atoms with Crippen LogP contribution in [0.15, 0.2) is 40.8 Å². The predicted octanol–water partition coefficient (Wildman–Crippen LogP) is 3.07. The minimum Gasteiger partial charge on any atom is -0.451 e. The van der Waals surface area contributed by atoms with Gasteiger partial charge >= 0.3 is 0 Å². The lowest BCUT2D eigenvalue weighted by molar-refractivity contribution is -0.122. The highest BCUT2D eigenvalue weighted by Crippen LogP contribution is 2.25. The molecule has 0 atom stereocenters. The minimum absolute atomic E-state index is 0.00239. The van der Waals surface area contributed by atoms with E-state index in [1.165, 1.54) is 17.0 Å². The fourth-order valence-corrected chi connectivity index (χ4v) is 2.28. The third-order valence-corrected chi connectivity index (χ3v) is 3.41. The maximum absolute atomic E-state index is 13.8. The number of nitrogens with one attached hydrogen (secondary N) is 1. The van der Waals surface area contributed by atoms with Gasteiger partial charge in [0.15, 0.2) is 5.76 Å². The standard InChI is InChI=1S/C18H21FN2O3/c1-4-21(11-17(22)20-12(2)3)18(23)16-10-9-15(24-16)13-7-5-6-8-14(13)19/h5-10,12H,4,11H2,1-3H3,(H,20,22). The SMILES string of the molecule is CCN(CC(=O)NC(C)C)C(=O)c1ccc(-c2ccccc2F)o1. The van der Waals surface area contributed by atoms with E-state index in [4.69, 9.17) is 4.42 Å². The van der Waals surface area contributed by atoms with E-state index in [1.807, 2.05) is 13.8 Å². The Morgan fingerprint density at radius 2 is 1.92 bits per heavy atom. The lowest BCUT2D eigenvalue weighted by Crippen LogP contribution is -2.42. The molecule has 0 bridgehead atoms. The molecule has 1 N–H and O–H groups in total. The number of halogens is 1. The highest BCUT2D eigenvalue weighted by atomic mass is 19.1. The van der Waals surface area contributed by atoms with Crippen molar-refractivity contribution in [3.05, 3.63) is 48.0 Å². The molecule has 0 saturated heterocycles. The highest BCUT2D eigenvalue weighted by Gasteiger charge is 2.21. The Kier molecular flexibility index (Phi) is 5.73. The van der Waals surface area contributed by atoms with Crippen molar-refractivity contribution in [2.45, 2.75) is 26.8 Å². The lowest BCUT2D eigenvalue weighted by atomic mass is 10.1. The number of hydrogen-bond donors (Lipinski definition) is 1. The van der Waals surface area contributed by atoms with Crippen molar-refractivity contribution in [1.82, 2.24) is 10.2 Å². The second-order valence-electron chi connectivity index (χ2n) is 5.69. The third kappa shape index (κ3) is 4.22. The topological polar surface area (TPSA) is 62.6 Å². The molecule has 0 aliphatic heterocycles. The molecule has 0 saturated carbocycles. The van der Waals surface area contributed by atoms with Crippen molar-refractivity contribution in [3.8, 4) is 11.3 Å². The van der Waals surface area contributed by atoms with E-state index in [9.17, 15) is 14.0 Å². The predicted molar refractivity (Wildman–Crippen MR) is 89.0 cm³/mol. The van der Waals surface area contributed by atoms with Crippen molar-refractivity contribution >= 4 is 11.8 Å². The summed E-state index contributed by atoms with van der Waals surface area (Å²) >= 11 is 0. The average molecular weight is 332 g/mol. The van der Waals surface area contributed by atoms with Crippen molar-refractivity contribution in [1.29, 1.82) is 0 Å². The summed E-state index contributed by atoms with van der Waals surface area (Å²) in [5.74, 6) is -0.707. The first kappa shape index (κ1) is 17.7. The van der Waals surface area contributed by atoms with Crippen LogP contribution in [0, 0.1) is 5.82 Å². The van der Waals surface area contributed by atoms with E-state index >= 15 is 0 Å². The summed E-state index contributed by atoms with van der Waals surface area (Å²) in [6.45, 7) is 5.79. The Morgan fingerprint density at radius 1 is 1.21 bits per heavy atom. The summed E-state index contributed by atoms with van der Waals surface area (Å²) in [4.78, 5) is 25.7. The van der Waals surface area contributed by atoms with Gasteiger partial charge in [0.25, 0.3) is 5.91 Å². The second kappa shape index (κ2) is 7.77. The summed E-state index contributed by atoms with van der Waals surface area (Å²) in [5.41, 5.74) is 0.289. The van der Waals surface area contributed by atoms with Crippen LogP contribution in [0.3, 0.4) is 0 Å². The van der Waals surface area contributed by atoms with E-state index in [2.05, 4.69) is 5.32 Å². The summed E-state index contributed by atoms with van der Waals surface area (Å²) in [6.07, 6.45) is 0. The van der Waals surface area contributed by atoms with Gasteiger partial charge in [0.2, 0.25) is 5.91 Å². The number of rotatable bonds is 6. The second-order valence-corrected chi connectivity index (χ2v) is 5.69. The first-order chi connectivity index (χ1) is 11.4. The Bertz CT molecular complexity index is 725. The normalized spacial score (nSPS) is 10.7. The number of amides is 2. The van der Waals surface area contributed by atoms with Crippen LogP contribution >= 0.6 is 0 Å². The number of furan rings is 1. The zero-order valence-corrected chi connectivity index (χ0v) is 14.0. The van der Waals surface area contributed by atoms with Crippen LogP contribution in [-0.4, -0.2) is 35.8 Å². The molecular weight excluding hydrogens is 311 g/mol. The molecule has 0 spiro atoms. The summed E-state index contributed by atoms with van der Waals surface area (Å²) in [5, 5.41) is 2.74. The van der Waals surface area contributed by atoms with Gasteiger partial charge in [-0.05, 0) is 45.0 Å². The number of likely N-dealkylation sites (N-methyl/N-ethyl adjacent to an activating group) is 1. The van der Waals surface area contributed by atoms with Crippen LogP contribution in [0.25, 0.3) is 11.3 Å². The number of carbonyl (C=O) groups excluding carboxylic acids is 2. The van der Waals surface area contributed by atoms with Gasteiger partial charge in [-0.3, -0.25) is 9.59 Å². The van der Waals surface area contributed by atoms with Gasteiger partial charge in [0.05, 0.1) is 12.1 Å². The first-order valence-corrected chi connectivity index (χ1v) is 7.85. The van der Waals surface area contributed by atoms with Gasteiger partial charge < -0.3 is 14.6 Å². The van der Waals surface area contributed by atoms with Gasteiger partial charge in [-0.2, -0.15) is 0 Å². The Labute approximate surface area is 140 Å². The molecule has 0 aliphatic rings. The van der Waals surface area contributed by atoms with E-state index < -0.39 is 11.7 Å². The van der Waals surface area contributed by atoms with Gasteiger partial charge in [-0.25, -0.2) is 4.39 Å². The molecule has 1 aromatic heterocycles. The lowest BCUT2D eigenvalue weighted by Gasteiger charge is -2.20. The van der Waals surface area contributed by atoms with Crippen molar-refractivity contribution in [2.75, 3.05) is 13.1 Å². The van der Waals surface area contributed by atoms with Gasteiger partial charge in [-0.1, -0.05) is 12.1 Å². The highest BCUT2D eigenvalue weighted by molar-refractivity contribution is 5.94. The molecule has 0 fully saturated rings. The molecule has 6 heteroatoms. The summed E-state index contributed by atoms with van der Waals surface area (Å²) in [6, 6.07) is 9.23. The van der Waals surface area contributed by atoms with Crippen LogP contribution in [0.2, 0.25) is 0 Å². The number of carbonyl (C=O) groups is 2. The van der Waals surface area contributed by atoms with Crippen molar-refractivity contribution in [3.63, 3.8) is 0 Å². The largest absolute Gasteiger partial charge is 0.451 e. The Hall–Kier alpha value is -2.63. The Morgan fingerprint density at radius 3 is 2.54 bits per heavy atom. The summed E-state index contributed by atoms with van der Waals surface area (Å²) in [7, 11) is 0. The molecule has 24 heavy (non-hydrogen) atoms. The van der Waals surface area contributed by atoms with Crippen LogP contribution in [-0.2, 0) is 4.79 Å². The van der Waals surface area contributed by atoms with Crippen LogP contribution in [0.5, 0.6) is 0 Å². The van der Waals surface area contributed by atoms with Gasteiger partial charge in [-0.15, -0.1) is 0 Å². The van der Waals surface area contributed by atoms with Crippen LogP contribution in [0.1, 0.15) is 31.3 Å². The van der Waals surface area contributed by atoms with E-state index in [1.54, 1.807) is 31.2 Å². The molecule has 2 amide bonds. The first-order valence-electron chi connectivity index (χ1n) is 7.85. The Balaban J connectivity index is 2.14. The monoisotopic (exact) mass is 332 g/mol. The third-order valence-electron chi connectivity index (χ3n) is 3.41. The zero-order chi connectivity index (χ0) is 17.7. The fraction of sp³-hybridized carbons (Fsp3) is 0.333. The maximum Gasteiger partial charge on any atom is 0.290 e. The molecule has 1 heterocycles. The molecule has 1 aromatic carbocycles. The van der Waals surface area contributed by atoms with E-state index in [-0.39, 0.29) is 35.6 Å². The van der Waals surface area contributed by atoms with Crippen LogP contribution < -0.4 is 5.32 Å². The van der Waals surface area contributed by atoms with E-state index in [0.717, 1.165) is 0 Å². The molecule has 2 aromatic rings. The van der Waals surface area contributed by atoms with Gasteiger partial charge in [0, 0.05) is 12.6 Å². The van der Waals surface area contributed by atoms with E-state index in [0.29, 0.717) is 6.54 Å². The summed E-state index contributed by atoms with van der Waals surface area (Å²) < 4.78 is 19.3. The fourth-order valence-electron chi connectivity index (χ4n) is 2.28. The molecule has 0 radical (unpaired) electrons. The maximum atomic E-state index is 13.8. The molecular formula is C18H21FN2O3. The van der Waals surface area contributed by atoms with Crippen LogP contribution in [0.4, 0.5) is 4.39 Å². The zero-order valence-electron chi connectivity index (χ0n) is 14.0. The number of hydrogen-bond acceptors (Lipinski definition) is 3. The molecule has 5 nitrogen and oxygen atoms in total. The smallest absolute Gasteiger partial charge is 0.290 e. The molecule has 0 aliphatic carbocycles. The quantitative estimate of drug-likeness (QED) is 0.884. The van der Waals surface area contributed by atoms with Gasteiger partial charge in [0.1, 0.15) is 11.6 Å². The van der Waals surface area contributed by atoms with Crippen molar-refractivity contribution in [2.24, 2.45) is 0 Å². The molecule has 0 unspecified atom stereocenters. The number of benzene rings is 1. The van der Waals surface area contributed by atoms with Crippen molar-refractivity contribution < 1.29 is 18.4 Å².